The third-order valence-corrected chi connectivity index (χ3v) is 3.91. The van der Waals surface area contributed by atoms with Gasteiger partial charge in [-0.2, -0.15) is 0 Å². The number of hydrogen-bond acceptors (Lipinski definition) is 4. The number of carbonyl (C=O) groups is 1. The lowest BCUT2D eigenvalue weighted by molar-refractivity contribution is -0.135. The SMILES string of the molecule is CN1CC2CN(C)CC(C1)C2(N)C(N)=O. The van der Waals surface area contributed by atoms with Crippen LogP contribution < -0.4 is 11.5 Å². The maximum Gasteiger partial charge on any atom is 0.238 e. The Bertz CT molecular complexity index is 251. The molecule has 0 saturated carbocycles. The Kier molecular flexibility index (Phi) is 2.48. The zero-order valence-electron chi connectivity index (χ0n) is 9.44. The molecule has 0 aromatic carbocycles. The van der Waals surface area contributed by atoms with Crippen LogP contribution in [0.5, 0.6) is 0 Å². The summed E-state index contributed by atoms with van der Waals surface area (Å²) in [7, 11) is 4.15. The van der Waals surface area contributed by atoms with Crippen LogP contribution in [-0.2, 0) is 4.79 Å². The second-order valence-electron chi connectivity index (χ2n) is 5.13. The van der Waals surface area contributed by atoms with E-state index in [4.69, 9.17) is 11.5 Å². The van der Waals surface area contributed by atoms with Crippen LogP contribution in [0.1, 0.15) is 0 Å². The van der Waals surface area contributed by atoms with Gasteiger partial charge in [-0.05, 0) is 14.1 Å². The number of rotatable bonds is 1. The molecule has 2 fully saturated rings. The maximum atomic E-state index is 11.6. The number of amides is 1. The third kappa shape index (κ3) is 1.55. The van der Waals surface area contributed by atoms with E-state index in [1.54, 1.807) is 0 Å². The van der Waals surface area contributed by atoms with Crippen LogP contribution in [0.3, 0.4) is 0 Å². The van der Waals surface area contributed by atoms with E-state index < -0.39 is 5.54 Å². The van der Waals surface area contributed by atoms with Crippen molar-refractivity contribution in [2.45, 2.75) is 5.54 Å². The van der Waals surface area contributed by atoms with E-state index in [1.165, 1.54) is 0 Å². The van der Waals surface area contributed by atoms with Crippen molar-refractivity contribution < 1.29 is 4.79 Å². The molecule has 2 heterocycles. The molecule has 86 valence electrons. The lowest BCUT2D eigenvalue weighted by Crippen LogP contribution is -2.74. The quantitative estimate of drug-likeness (QED) is 0.543. The summed E-state index contributed by atoms with van der Waals surface area (Å²) in [4.78, 5) is 16.1. The monoisotopic (exact) mass is 212 g/mol. The van der Waals surface area contributed by atoms with Gasteiger partial charge >= 0.3 is 0 Å². The molecule has 4 N–H and O–H groups in total. The summed E-state index contributed by atoms with van der Waals surface area (Å²) in [6, 6.07) is 0. The Balaban J connectivity index is 2.30. The second-order valence-corrected chi connectivity index (χ2v) is 5.13. The number of nitrogens with zero attached hydrogens (tertiary/aromatic N) is 2. The summed E-state index contributed by atoms with van der Waals surface area (Å²) in [6.45, 7) is 3.45. The van der Waals surface area contributed by atoms with Gasteiger partial charge in [0.15, 0.2) is 0 Å². The van der Waals surface area contributed by atoms with Gasteiger partial charge in [0, 0.05) is 38.0 Å². The summed E-state index contributed by atoms with van der Waals surface area (Å²) >= 11 is 0. The lowest BCUT2D eigenvalue weighted by Gasteiger charge is -2.53. The molecule has 2 bridgehead atoms. The van der Waals surface area contributed by atoms with E-state index in [1.807, 2.05) is 0 Å². The zero-order chi connectivity index (χ0) is 11.2. The largest absolute Gasteiger partial charge is 0.368 e. The van der Waals surface area contributed by atoms with E-state index in [0.717, 1.165) is 26.2 Å². The van der Waals surface area contributed by atoms with Gasteiger partial charge in [0.05, 0.1) is 0 Å². The second kappa shape index (κ2) is 3.43. The van der Waals surface area contributed by atoms with Crippen LogP contribution in [-0.4, -0.2) is 61.5 Å². The molecule has 1 amide bonds. The van der Waals surface area contributed by atoms with E-state index in [0.29, 0.717) is 0 Å². The number of carbonyl (C=O) groups excluding carboxylic acids is 1. The number of likely N-dealkylation sites (tertiary alicyclic amines) is 2. The molecule has 0 aliphatic carbocycles. The average Bonchev–Trinajstić information content (AvgIpc) is 2.09. The van der Waals surface area contributed by atoms with Gasteiger partial charge < -0.3 is 21.3 Å². The number of hydrogen-bond donors (Lipinski definition) is 2. The fraction of sp³-hybridized carbons (Fsp3) is 0.900. The Hall–Kier alpha value is -0.650. The van der Waals surface area contributed by atoms with Gasteiger partial charge in [-0.3, -0.25) is 4.79 Å². The highest BCUT2D eigenvalue weighted by molar-refractivity contribution is 5.85. The average molecular weight is 212 g/mol. The molecular weight excluding hydrogens is 192 g/mol. The first-order valence-electron chi connectivity index (χ1n) is 5.40. The van der Waals surface area contributed by atoms with Gasteiger partial charge in [0.2, 0.25) is 5.91 Å². The Labute approximate surface area is 90.4 Å². The van der Waals surface area contributed by atoms with Crippen LogP contribution in [0.15, 0.2) is 0 Å². The van der Waals surface area contributed by atoms with Gasteiger partial charge in [-0.25, -0.2) is 0 Å². The van der Waals surface area contributed by atoms with Crippen molar-refractivity contribution in [2.24, 2.45) is 23.3 Å². The summed E-state index contributed by atoms with van der Waals surface area (Å²) in [5, 5.41) is 0. The molecule has 0 spiro atoms. The molecule has 5 nitrogen and oxygen atoms in total. The molecule has 0 radical (unpaired) electrons. The van der Waals surface area contributed by atoms with Gasteiger partial charge in [0.25, 0.3) is 0 Å². The predicted octanol–water partition coefficient (Wildman–Crippen LogP) is -1.71. The van der Waals surface area contributed by atoms with Crippen LogP contribution >= 0.6 is 0 Å². The molecular formula is C10H20N4O. The molecule has 0 aromatic rings. The first kappa shape index (κ1) is 10.9. The minimum atomic E-state index is -0.793. The highest BCUT2D eigenvalue weighted by Gasteiger charge is 2.53. The summed E-state index contributed by atoms with van der Waals surface area (Å²) in [6.07, 6.45) is 0. The summed E-state index contributed by atoms with van der Waals surface area (Å²) in [5.74, 6) is -0.00583. The molecule has 0 atom stereocenters. The topological polar surface area (TPSA) is 75.6 Å². The smallest absolute Gasteiger partial charge is 0.238 e. The third-order valence-electron chi connectivity index (χ3n) is 3.91. The summed E-state index contributed by atoms with van der Waals surface area (Å²) in [5.41, 5.74) is 10.9. The van der Waals surface area contributed by atoms with Crippen LogP contribution in [0.2, 0.25) is 0 Å². The molecule has 2 aliphatic heterocycles. The Morgan fingerprint density at radius 1 is 1.13 bits per heavy atom. The van der Waals surface area contributed by atoms with Crippen molar-refractivity contribution >= 4 is 5.91 Å². The highest BCUT2D eigenvalue weighted by Crippen LogP contribution is 2.34. The van der Waals surface area contributed by atoms with Crippen LogP contribution in [0.4, 0.5) is 0 Å². The molecule has 2 aliphatic rings. The van der Waals surface area contributed by atoms with Crippen molar-refractivity contribution in [1.29, 1.82) is 0 Å². The first-order chi connectivity index (χ1) is 6.94. The van der Waals surface area contributed by atoms with E-state index in [9.17, 15) is 4.79 Å². The van der Waals surface area contributed by atoms with Crippen LogP contribution in [0.25, 0.3) is 0 Å². The number of primary amides is 1. The van der Waals surface area contributed by atoms with Crippen molar-refractivity contribution in [2.75, 3.05) is 40.3 Å². The fourth-order valence-electron chi connectivity index (χ4n) is 3.11. The molecule has 15 heavy (non-hydrogen) atoms. The molecule has 0 unspecified atom stereocenters. The normalized spacial score (nSPS) is 42.9. The lowest BCUT2D eigenvalue weighted by atomic mass is 9.68. The van der Waals surface area contributed by atoms with Crippen LogP contribution in [0, 0.1) is 11.8 Å². The van der Waals surface area contributed by atoms with Crippen molar-refractivity contribution in [3.8, 4) is 0 Å². The van der Waals surface area contributed by atoms with Crippen molar-refractivity contribution in [3.05, 3.63) is 0 Å². The number of fused-ring (bicyclic) bond motifs is 2. The standard InChI is InChI=1S/C10H20N4O/c1-13-3-7-5-14(2)6-8(4-13)10(7,12)9(11)15/h7-8H,3-6,12H2,1-2H3,(H2,11,15). The molecule has 0 aromatic heterocycles. The van der Waals surface area contributed by atoms with Gasteiger partial charge in [-0.15, -0.1) is 0 Å². The fourth-order valence-corrected chi connectivity index (χ4v) is 3.11. The van der Waals surface area contributed by atoms with E-state index in [-0.39, 0.29) is 17.7 Å². The highest BCUT2D eigenvalue weighted by atomic mass is 16.1. The molecule has 5 heteroatoms. The minimum absolute atomic E-state index is 0.164. The van der Waals surface area contributed by atoms with E-state index >= 15 is 0 Å². The van der Waals surface area contributed by atoms with E-state index in [2.05, 4.69) is 23.9 Å². The minimum Gasteiger partial charge on any atom is -0.368 e. The predicted molar refractivity (Wildman–Crippen MR) is 58.1 cm³/mol. The van der Waals surface area contributed by atoms with Gasteiger partial charge in [0.1, 0.15) is 5.54 Å². The number of nitrogens with two attached hydrogens (primary N) is 2. The maximum absolute atomic E-state index is 11.6. The molecule has 2 saturated heterocycles. The van der Waals surface area contributed by atoms with Crippen molar-refractivity contribution in [1.82, 2.24) is 9.80 Å². The zero-order valence-corrected chi connectivity index (χ0v) is 9.44. The summed E-state index contributed by atoms with van der Waals surface area (Å²) < 4.78 is 0. The molecule has 2 rings (SSSR count). The Morgan fingerprint density at radius 3 is 1.73 bits per heavy atom. The first-order valence-corrected chi connectivity index (χ1v) is 5.40. The number of piperidine rings is 2. The van der Waals surface area contributed by atoms with Crippen molar-refractivity contribution in [3.63, 3.8) is 0 Å². The Morgan fingerprint density at radius 2 is 1.47 bits per heavy atom. The van der Waals surface area contributed by atoms with Gasteiger partial charge in [-0.1, -0.05) is 0 Å².